The molecule has 1 atom stereocenters. The monoisotopic (exact) mass is 291 g/mol. The predicted molar refractivity (Wildman–Crippen MR) is 82.5 cm³/mol. The van der Waals surface area contributed by atoms with Gasteiger partial charge in [0.15, 0.2) is 5.54 Å². The second-order valence-electron chi connectivity index (χ2n) is 6.67. The molecule has 0 aliphatic heterocycles. The molecule has 21 heavy (non-hydrogen) atoms. The van der Waals surface area contributed by atoms with Crippen LogP contribution in [0.5, 0.6) is 5.75 Å². The number of carbonyl (C=O) groups is 1. The second kappa shape index (κ2) is 5.68. The van der Waals surface area contributed by atoms with E-state index in [-0.39, 0.29) is 17.9 Å². The average molecular weight is 291 g/mol. The number of hydrogen-bond donors (Lipinski definition) is 2. The first-order valence-electron chi connectivity index (χ1n) is 7.55. The topological polar surface area (TPSA) is 72.5 Å². The molecule has 1 aliphatic carbocycles. The molecule has 0 radical (unpaired) electrons. The molecule has 0 amide bonds. The van der Waals surface area contributed by atoms with Gasteiger partial charge in [-0.3, -0.25) is 4.79 Å². The third kappa shape index (κ3) is 3.38. The number of ether oxygens (including phenoxy) is 1. The number of rotatable bonds is 7. The van der Waals surface area contributed by atoms with Gasteiger partial charge in [0.25, 0.3) is 0 Å². The van der Waals surface area contributed by atoms with Gasteiger partial charge in [-0.05, 0) is 48.3 Å². The summed E-state index contributed by atoms with van der Waals surface area (Å²) in [6.07, 6.45) is 2.80. The van der Waals surface area contributed by atoms with Gasteiger partial charge in [-0.15, -0.1) is 0 Å². The zero-order valence-electron chi connectivity index (χ0n) is 13.1. The summed E-state index contributed by atoms with van der Waals surface area (Å²) in [6.45, 7) is 6.58. The molecule has 2 rings (SSSR count). The van der Waals surface area contributed by atoms with Crippen molar-refractivity contribution in [3.8, 4) is 5.75 Å². The van der Waals surface area contributed by atoms with Crippen LogP contribution in [0.25, 0.3) is 0 Å². The van der Waals surface area contributed by atoms with E-state index in [1.807, 2.05) is 24.3 Å². The highest BCUT2D eigenvalue weighted by Gasteiger charge is 2.49. The Bertz CT molecular complexity index is 505. The van der Waals surface area contributed by atoms with Crippen LogP contribution in [-0.2, 0) is 10.2 Å². The SMILES string of the molecule is CCC(C)(C)c1ccc(OCC(N)(C(=O)O)C2CC2)cc1. The molecule has 4 heteroatoms. The first-order chi connectivity index (χ1) is 9.79. The Morgan fingerprint density at radius 3 is 2.33 bits per heavy atom. The van der Waals surface area contributed by atoms with Crippen molar-refractivity contribution in [1.82, 2.24) is 0 Å². The molecule has 4 nitrogen and oxygen atoms in total. The van der Waals surface area contributed by atoms with Crippen molar-refractivity contribution in [3.63, 3.8) is 0 Å². The summed E-state index contributed by atoms with van der Waals surface area (Å²) in [4.78, 5) is 11.3. The number of carboxylic acids is 1. The quantitative estimate of drug-likeness (QED) is 0.810. The Kier molecular flexibility index (Phi) is 4.28. The third-order valence-electron chi connectivity index (χ3n) is 4.70. The molecule has 0 aromatic heterocycles. The summed E-state index contributed by atoms with van der Waals surface area (Å²) < 4.78 is 5.63. The second-order valence-corrected chi connectivity index (χ2v) is 6.67. The van der Waals surface area contributed by atoms with Gasteiger partial charge >= 0.3 is 5.97 Å². The highest BCUT2D eigenvalue weighted by molar-refractivity contribution is 5.79. The molecule has 0 bridgehead atoms. The van der Waals surface area contributed by atoms with Gasteiger partial charge in [0.2, 0.25) is 0 Å². The number of carboxylic acid groups (broad SMARTS) is 1. The van der Waals surface area contributed by atoms with E-state index in [1.165, 1.54) is 5.56 Å². The van der Waals surface area contributed by atoms with E-state index >= 15 is 0 Å². The van der Waals surface area contributed by atoms with Crippen LogP contribution in [0.4, 0.5) is 0 Å². The number of hydrogen-bond acceptors (Lipinski definition) is 3. The van der Waals surface area contributed by atoms with E-state index in [1.54, 1.807) is 0 Å². The summed E-state index contributed by atoms with van der Waals surface area (Å²) >= 11 is 0. The Hall–Kier alpha value is -1.55. The zero-order chi connectivity index (χ0) is 15.7. The fourth-order valence-corrected chi connectivity index (χ4v) is 2.36. The highest BCUT2D eigenvalue weighted by Crippen LogP contribution is 2.39. The van der Waals surface area contributed by atoms with Gasteiger partial charge in [0.05, 0.1) is 0 Å². The lowest BCUT2D eigenvalue weighted by Crippen LogP contribution is -2.54. The van der Waals surface area contributed by atoms with Crippen molar-refractivity contribution < 1.29 is 14.6 Å². The van der Waals surface area contributed by atoms with Crippen molar-refractivity contribution >= 4 is 5.97 Å². The van der Waals surface area contributed by atoms with Gasteiger partial charge in [0, 0.05) is 0 Å². The summed E-state index contributed by atoms with van der Waals surface area (Å²) in [7, 11) is 0. The standard InChI is InChI=1S/C17H25NO3/c1-4-16(2,3)12-7-9-14(10-8-12)21-11-17(18,15(19)20)13-5-6-13/h7-10,13H,4-6,11,18H2,1-3H3,(H,19,20). The minimum atomic E-state index is -1.26. The minimum absolute atomic E-state index is 0.0174. The largest absolute Gasteiger partial charge is 0.491 e. The zero-order valence-corrected chi connectivity index (χ0v) is 13.1. The summed E-state index contributed by atoms with van der Waals surface area (Å²) in [5.41, 5.74) is 6.10. The molecule has 1 aromatic carbocycles. The number of aliphatic carboxylic acids is 1. The summed E-state index contributed by atoms with van der Waals surface area (Å²) in [5, 5.41) is 9.30. The van der Waals surface area contributed by atoms with E-state index in [9.17, 15) is 9.90 Å². The van der Waals surface area contributed by atoms with Gasteiger partial charge < -0.3 is 15.6 Å². The van der Waals surface area contributed by atoms with E-state index in [2.05, 4.69) is 20.8 Å². The fraction of sp³-hybridized carbons (Fsp3) is 0.588. The van der Waals surface area contributed by atoms with Crippen LogP contribution >= 0.6 is 0 Å². The van der Waals surface area contributed by atoms with Gasteiger partial charge in [-0.1, -0.05) is 32.9 Å². The maximum Gasteiger partial charge on any atom is 0.327 e. The lowest BCUT2D eigenvalue weighted by atomic mass is 9.82. The van der Waals surface area contributed by atoms with Crippen LogP contribution in [0.1, 0.15) is 45.6 Å². The number of nitrogens with two attached hydrogens (primary N) is 1. The van der Waals surface area contributed by atoms with E-state index in [4.69, 9.17) is 10.5 Å². The van der Waals surface area contributed by atoms with E-state index in [0.29, 0.717) is 5.75 Å². The highest BCUT2D eigenvalue weighted by atomic mass is 16.5. The Labute approximate surface area is 126 Å². The molecule has 0 saturated heterocycles. The normalized spacial score (nSPS) is 18.1. The van der Waals surface area contributed by atoms with Crippen LogP contribution in [0.3, 0.4) is 0 Å². The van der Waals surface area contributed by atoms with Crippen molar-refractivity contribution in [2.45, 2.75) is 51.0 Å². The molecule has 1 saturated carbocycles. The van der Waals surface area contributed by atoms with Crippen LogP contribution in [0.2, 0.25) is 0 Å². The summed E-state index contributed by atoms with van der Waals surface area (Å²) in [6, 6.07) is 7.85. The number of benzene rings is 1. The molecule has 0 spiro atoms. The van der Waals surface area contributed by atoms with Crippen molar-refractivity contribution in [2.75, 3.05) is 6.61 Å². The Morgan fingerprint density at radius 1 is 1.33 bits per heavy atom. The average Bonchev–Trinajstić information content (AvgIpc) is 3.30. The van der Waals surface area contributed by atoms with E-state index in [0.717, 1.165) is 19.3 Å². The Balaban J connectivity index is 2.02. The molecule has 116 valence electrons. The van der Waals surface area contributed by atoms with Crippen LogP contribution in [0, 0.1) is 5.92 Å². The fourth-order valence-electron chi connectivity index (χ4n) is 2.36. The first-order valence-corrected chi connectivity index (χ1v) is 7.55. The molecule has 1 aromatic rings. The Morgan fingerprint density at radius 2 is 1.90 bits per heavy atom. The van der Waals surface area contributed by atoms with Crippen LogP contribution < -0.4 is 10.5 Å². The smallest absolute Gasteiger partial charge is 0.327 e. The molecule has 0 heterocycles. The predicted octanol–water partition coefficient (Wildman–Crippen LogP) is 2.95. The molecular weight excluding hydrogens is 266 g/mol. The van der Waals surface area contributed by atoms with Gasteiger partial charge in [0.1, 0.15) is 12.4 Å². The lowest BCUT2D eigenvalue weighted by molar-refractivity contribution is -0.145. The van der Waals surface area contributed by atoms with Crippen LogP contribution in [-0.4, -0.2) is 23.2 Å². The molecule has 1 aliphatic rings. The van der Waals surface area contributed by atoms with Gasteiger partial charge in [-0.2, -0.15) is 0 Å². The van der Waals surface area contributed by atoms with E-state index < -0.39 is 11.5 Å². The molecule has 1 fully saturated rings. The molecule has 1 unspecified atom stereocenters. The van der Waals surface area contributed by atoms with Crippen molar-refractivity contribution in [1.29, 1.82) is 0 Å². The van der Waals surface area contributed by atoms with Crippen LogP contribution in [0.15, 0.2) is 24.3 Å². The van der Waals surface area contributed by atoms with Crippen molar-refractivity contribution in [3.05, 3.63) is 29.8 Å². The molecular formula is C17H25NO3. The molecule has 3 N–H and O–H groups in total. The van der Waals surface area contributed by atoms with Gasteiger partial charge in [-0.25, -0.2) is 0 Å². The van der Waals surface area contributed by atoms with Crippen molar-refractivity contribution in [2.24, 2.45) is 11.7 Å². The third-order valence-corrected chi connectivity index (χ3v) is 4.70. The maximum absolute atomic E-state index is 11.3. The minimum Gasteiger partial charge on any atom is -0.491 e. The maximum atomic E-state index is 11.3. The lowest BCUT2D eigenvalue weighted by Gasteiger charge is -2.25. The first kappa shape index (κ1) is 15.8. The summed E-state index contributed by atoms with van der Waals surface area (Å²) in [5.74, 6) is -0.274.